The van der Waals surface area contributed by atoms with Crippen LogP contribution >= 0.6 is 0 Å². The number of nitro benzene ring substituents is 1. The number of benzene rings is 1. The first-order valence-corrected chi connectivity index (χ1v) is 3.80. The number of nitro groups is 1. The van der Waals surface area contributed by atoms with Crippen LogP contribution in [-0.2, 0) is 0 Å². The number of rotatable bonds is 2. The number of methoxy groups -OCH3 is 1. The third-order valence-corrected chi connectivity index (χ3v) is 1.75. The number of para-hydroxylation sites is 1. The molecule has 2 rings (SSSR count). The minimum atomic E-state index is -0.521. The number of hydrogen-bond donors (Lipinski definition) is 0. The Balaban J connectivity index is 2.73. The fourth-order valence-electron chi connectivity index (χ4n) is 1.15. The lowest BCUT2D eigenvalue weighted by molar-refractivity contribution is -0.383. The molecule has 0 N–H and O–H groups in total. The number of fused-ring (bicyclic) bond motifs is 1. The summed E-state index contributed by atoms with van der Waals surface area (Å²) in [6, 6.07) is 4.52. The van der Waals surface area contributed by atoms with Crippen LogP contribution in [0.25, 0.3) is 11.1 Å². The summed E-state index contributed by atoms with van der Waals surface area (Å²) in [5.41, 5.74) is 0.434. The molecule has 1 aromatic carbocycles. The summed E-state index contributed by atoms with van der Waals surface area (Å²) in [5, 5.41) is 10.6. The smallest absolute Gasteiger partial charge is 0.394 e. The first-order valence-electron chi connectivity index (χ1n) is 3.80. The highest BCUT2D eigenvalue weighted by Crippen LogP contribution is 2.28. The van der Waals surface area contributed by atoms with Gasteiger partial charge < -0.3 is 9.15 Å². The zero-order valence-corrected chi connectivity index (χ0v) is 7.26. The van der Waals surface area contributed by atoms with E-state index < -0.39 is 4.92 Å². The second-order valence-corrected chi connectivity index (χ2v) is 2.57. The summed E-state index contributed by atoms with van der Waals surface area (Å²) in [6.45, 7) is 0. The molecule has 1 aromatic heterocycles. The van der Waals surface area contributed by atoms with E-state index in [-0.39, 0.29) is 17.3 Å². The molecule has 0 radical (unpaired) electrons. The van der Waals surface area contributed by atoms with Crippen molar-refractivity contribution in [2.45, 2.75) is 0 Å². The third-order valence-electron chi connectivity index (χ3n) is 1.75. The van der Waals surface area contributed by atoms with Crippen molar-refractivity contribution in [1.29, 1.82) is 0 Å². The first kappa shape index (κ1) is 8.49. The molecule has 0 saturated carbocycles. The van der Waals surface area contributed by atoms with E-state index in [4.69, 9.17) is 9.15 Å². The standard InChI is InChI=1S/C8H6N2O4/c1-13-8-9-5-3-2-4-6(10(11)12)7(5)14-8/h2-4H,1H3. The van der Waals surface area contributed by atoms with Gasteiger partial charge in [0.25, 0.3) is 0 Å². The van der Waals surface area contributed by atoms with Gasteiger partial charge >= 0.3 is 11.8 Å². The lowest BCUT2D eigenvalue weighted by atomic mass is 10.3. The van der Waals surface area contributed by atoms with Crippen LogP contribution in [0.2, 0.25) is 0 Å². The van der Waals surface area contributed by atoms with E-state index in [2.05, 4.69) is 4.98 Å². The largest absolute Gasteiger partial charge is 0.453 e. The lowest BCUT2D eigenvalue weighted by Gasteiger charge is -1.89. The highest BCUT2D eigenvalue weighted by molar-refractivity contribution is 5.82. The van der Waals surface area contributed by atoms with E-state index in [1.807, 2.05) is 0 Å². The van der Waals surface area contributed by atoms with Crippen molar-refractivity contribution in [2.24, 2.45) is 0 Å². The maximum atomic E-state index is 10.6. The molecule has 0 spiro atoms. The first-order chi connectivity index (χ1) is 6.72. The van der Waals surface area contributed by atoms with Crippen molar-refractivity contribution in [1.82, 2.24) is 4.98 Å². The van der Waals surface area contributed by atoms with Gasteiger partial charge in [0.15, 0.2) is 0 Å². The summed E-state index contributed by atoms with van der Waals surface area (Å²) >= 11 is 0. The molecule has 6 nitrogen and oxygen atoms in total. The number of non-ortho nitro benzene ring substituents is 1. The normalized spacial score (nSPS) is 10.4. The molecule has 0 bridgehead atoms. The minimum Gasteiger partial charge on any atom is -0.453 e. The summed E-state index contributed by atoms with van der Waals surface area (Å²) in [5.74, 6) is 0. The summed E-state index contributed by atoms with van der Waals surface area (Å²) in [6.07, 6.45) is 0.0225. The topological polar surface area (TPSA) is 78.4 Å². The molecule has 0 aliphatic carbocycles. The molecule has 0 amide bonds. The van der Waals surface area contributed by atoms with Gasteiger partial charge in [0.1, 0.15) is 5.52 Å². The molecule has 0 aliphatic heterocycles. The van der Waals surface area contributed by atoms with Crippen molar-refractivity contribution in [2.75, 3.05) is 7.11 Å². The van der Waals surface area contributed by atoms with Crippen molar-refractivity contribution in [3.05, 3.63) is 28.3 Å². The van der Waals surface area contributed by atoms with Crippen LogP contribution in [0.1, 0.15) is 0 Å². The van der Waals surface area contributed by atoms with E-state index in [9.17, 15) is 10.1 Å². The SMILES string of the molecule is COc1nc2cccc([N+](=O)[O-])c2o1. The average molecular weight is 194 g/mol. The van der Waals surface area contributed by atoms with Gasteiger partial charge in [0.2, 0.25) is 5.58 Å². The van der Waals surface area contributed by atoms with E-state index in [0.717, 1.165) is 0 Å². The predicted molar refractivity (Wildman–Crippen MR) is 47.2 cm³/mol. The average Bonchev–Trinajstić information content (AvgIpc) is 2.59. The van der Waals surface area contributed by atoms with E-state index in [1.165, 1.54) is 13.2 Å². The summed E-state index contributed by atoms with van der Waals surface area (Å²) in [7, 11) is 1.39. The zero-order valence-electron chi connectivity index (χ0n) is 7.26. The monoisotopic (exact) mass is 194 g/mol. The second kappa shape index (κ2) is 2.99. The van der Waals surface area contributed by atoms with Crippen LogP contribution in [-0.4, -0.2) is 17.0 Å². The Labute approximate surface area is 78.3 Å². The van der Waals surface area contributed by atoms with Crippen LogP contribution in [0.15, 0.2) is 22.6 Å². The molecule has 0 fully saturated rings. The van der Waals surface area contributed by atoms with Crippen molar-refractivity contribution < 1.29 is 14.1 Å². The Morgan fingerprint density at radius 3 is 3.00 bits per heavy atom. The quantitative estimate of drug-likeness (QED) is 0.537. The number of aromatic nitrogens is 1. The van der Waals surface area contributed by atoms with Gasteiger partial charge in [-0.25, -0.2) is 0 Å². The highest BCUT2D eigenvalue weighted by Gasteiger charge is 2.17. The molecule has 14 heavy (non-hydrogen) atoms. The Hall–Kier alpha value is -2.11. The predicted octanol–water partition coefficient (Wildman–Crippen LogP) is 1.74. The van der Waals surface area contributed by atoms with Crippen LogP contribution in [0.4, 0.5) is 5.69 Å². The molecular weight excluding hydrogens is 188 g/mol. The Morgan fingerprint density at radius 1 is 1.57 bits per heavy atom. The fraction of sp³-hybridized carbons (Fsp3) is 0.125. The molecular formula is C8H6N2O4. The number of nitrogens with zero attached hydrogens (tertiary/aromatic N) is 2. The van der Waals surface area contributed by atoms with Gasteiger partial charge in [-0.15, -0.1) is 0 Å². The zero-order chi connectivity index (χ0) is 10.1. The van der Waals surface area contributed by atoms with Crippen LogP contribution in [0, 0.1) is 10.1 Å². The van der Waals surface area contributed by atoms with Gasteiger partial charge in [0.05, 0.1) is 12.0 Å². The Kier molecular flexibility index (Phi) is 1.81. The van der Waals surface area contributed by atoms with Gasteiger partial charge in [-0.2, -0.15) is 4.98 Å². The molecule has 0 aliphatic rings. The fourth-order valence-corrected chi connectivity index (χ4v) is 1.15. The molecule has 6 heteroatoms. The maximum Gasteiger partial charge on any atom is 0.394 e. The van der Waals surface area contributed by atoms with Crippen molar-refractivity contribution in [3.63, 3.8) is 0 Å². The Bertz CT molecular complexity index is 491. The second-order valence-electron chi connectivity index (χ2n) is 2.57. The van der Waals surface area contributed by atoms with Crippen LogP contribution in [0.3, 0.4) is 0 Å². The molecule has 1 heterocycles. The highest BCUT2D eigenvalue weighted by atomic mass is 16.6. The van der Waals surface area contributed by atoms with Gasteiger partial charge in [-0.1, -0.05) is 6.07 Å². The summed E-state index contributed by atoms with van der Waals surface area (Å²) < 4.78 is 9.77. The number of hydrogen-bond acceptors (Lipinski definition) is 5. The Morgan fingerprint density at radius 2 is 2.36 bits per heavy atom. The van der Waals surface area contributed by atoms with Crippen LogP contribution in [0.5, 0.6) is 6.08 Å². The van der Waals surface area contributed by atoms with Crippen molar-refractivity contribution >= 4 is 16.8 Å². The minimum absolute atomic E-state index is 0.0225. The van der Waals surface area contributed by atoms with E-state index >= 15 is 0 Å². The van der Waals surface area contributed by atoms with Crippen molar-refractivity contribution in [3.8, 4) is 6.08 Å². The molecule has 0 saturated heterocycles. The van der Waals surface area contributed by atoms with E-state index in [1.54, 1.807) is 12.1 Å². The summed E-state index contributed by atoms with van der Waals surface area (Å²) in [4.78, 5) is 13.9. The van der Waals surface area contributed by atoms with Gasteiger partial charge in [0, 0.05) is 6.07 Å². The van der Waals surface area contributed by atoms with E-state index in [0.29, 0.717) is 5.52 Å². The van der Waals surface area contributed by atoms with Gasteiger partial charge in [-0.05, 0) is 6.07 Å². The molecule has 0 atom stereocenters. The van der Waals surface area contributed by atoms with Crippen LogP contribution < -0.4 is 4.74 Å². The molecule has 0 unspecified atom stereocenters. The molecule has 72 valence electrons. The third kappa shape index (κ3) is 1.17. The number of oxazole rings is 1. The maximum absolute atomic E-state index is 10.6. The molecule has 2 aromatic rings. The number of ether oxygens (including phenoxy) is 1. The van der Waals surface area contributed by atoms with Gasteiger partial charge in [-0.3, -0.25) is 10.1 Å². The lowest BCUT2D eigenvalue weighted by Crippen LogP contribution is -1.87.